The fourth-order valence-corrected chi connectivity index (χ4v) is 4.04. The van der Waals surface area contributed by atoms with Crippen LogP contribution < -0.4 is 9.64 Å². The quantitative estimate of drug-likeness (QED) is 0.475. The van der Waals surface area contributed by atoms with Crippen LogP contribution in [-0.4, -0.2) is 18.4 Å². The van der Waals surface area contributed by atoms with Crippen molar-refractivity contribution in [2.45, 2.75) is 59.3 Å². The van der Waals surface area contributed by atoms with E-state index in [1.54, 1.807) is 4.90 Å². The normalized spacial score (nSPS) is 17.4. The van der Waals surface area contributed by atoms with Gasteiger partial charge < -0.3 is 9.64 Å². The van der Waals surface area contributed by atoms with E-state index in [-0.39, 0.29) is 18.3 Å². The van der Waals surface area contributed by atoms with Gasteiger partial charge in [0.15, 0.2) is 0 Å². The summed E-state index contributed by atoms with van der Waals surface area (Å²) in [5.41, 5.74) is 4.31. The molecule has 0 unspecified atom stereocenters. The van der Waals surface area contributed by atoms with Crippen molar-refractivity contribution in [3.05, 3.63) is 59.2 Å². The van der Waals surface area contributed by atoms with Gasteiger partial charge in [0.2, 0.25) is 5.91 Å². The molecule has 0 radical (unpaired) electrons. The first kappa shape index (κ1) is 21.1. The molecule has 0 saturated carbocycles. The van der Waals surface area contributed by atoms with Crippen LogP contribution in [0.15, 0.2) is 42.5 Å². The van der Waals surface area contributed by atoms with Crippen LogP contribution in [0, 0.1) is 5.92 Å². The van der Waals surface area contributed by atoms with Gasteiger partial charge in [0.05, 0.1) is 5.92 Å². The molecule has 4 nitrogen and oxygen atoms in total. The number of aryl methyl sites for hydroxylation is 2. The smallest absolute Gasteiger partial charge is 0.316 e. The van der Waals surface area contributed by atoms with E-state index < -0.39 is 5.92 Å². The molecule has 0 bridgehead atoms. The maximum Gasteiger partial charge on any atom is 0.316 e. The molecular formula is C25H31NO3. The summed E-state index contributed by atoms with van der Waals surface area (Å²) >= 11 is 0. The molecule has 1 aliphatic rings. The molecule has 0 aliphatic carbocycles. The summed E-state index contributed by atoms with van der Waals surface area (Å²) in [7, 11) is 0. The van der Waals surface area contributed by atoms with Gasteiger partial charge in [-0.3, -0.25) is 9.59 Å². The molecule has 4 heteroatoms. The van der Waals surface area contributed by atoms with Crippen LogP contribution in [0.5, 0.6) is 5.75 Å². The average Bonchev–Trinajstić information content (AvgIpc) is 3.14. The van der Waals surface area contributed by atoms with E-state index in [1.165, 1.54) is 0 Å². The number of nitrogens with zero attached hydrogens (tertiary/aromatic N) is 1. The highest BCUT2D eigenvalue weighted by atomic mass is 16.5. The molecule has 0 N–H and O–H groups in total. The molecule has 1 heterocycles. The van der Waals surface area contributed by atoms with E-state index in [0.717, 1.165) is 41.6 Å². The molecule has 29 heavy (non-hydrogen) atoms. The van der Waals surface area contributed by atoms with Crippen molar-refractivity contribution in [2.75, 3.05) is 11.4 Å². The third-order valence-electron chi connectivity index (χ3n) is 5.97. The van der Waals surface area contributed by atoms with Gasteiger partial charge in [-0.2, -0.15) is 0 Å². The van der Waals surface area contributed by atoms with Gasteiger partial charge in [-0.1, -0.05) is 64.1 Å². The standard InChI is InChI=1S/C25H31NO3/c1-5-17(4)21-13-8-9-14-22(21)29-25(28)20-15-23(27)26(16-20)24-18(6-2)11-10-12-19(24)7-3/h8-14,17,20H,5-7,15-16H2,1-4H3/t17-,20-/m1/s1. The number of anilines is 1. The lowest BCUT2D eigenvalue weighted by atomic mass is 9.98. The maximum atomic E-state index is 12.9. The molecule has 2 aromatic carbocycles. The third kappa shape index (κ3) is 4.36. The highest BCUT2D eigenvalue weighted by molar-refractivity contribution is 6.01. The summed E-state index contributed by atoms with van der Waals surface area (Å²) in [6.45, 7) is 8.81. The lowest BCUT2D eigenvalue weighted by Gasteiger charge is -2.23. The molecule has 1 fully saturated rings. The Morgan fingerprint density at radius 3 is 2.34 bits per heavy atom. The monoisotopic (exact) mass is 393 g/mol. The van der Waals surface area contributed by atoms with Gasteiger partial charge in [-0.25, -0.2) is 0 Å². The second-order valence-corrected chi connectivity index (χ2v) is 7.81. The Bertz CT molecular complexity index is 867. The number of esters is 1. The number of benzene rings is 2. The molecule has 2 atom stereocenters. The average molecular weight is 394 g/mol. The highest BCUT2D eigenvalue weighted by Gasteiger charge is 2.38. The Kier molecular flexibility index (Phi) is 6.73. The molecule has 1 saturated heterocycles. The first-order valence-corrected chi connectivity index (χ1v) is 10.7. The Hall–Kier alpha value is -2.62. The fraction of sp³-hybridized carbons (Fsp3) is 0.440. The predicted molar refractivity (Wildman–Crippen MR) is 116 cm³/mol. The van der Waals surface area contributed by atoms with Gasteiger partial charge >= 0.3 is 5.97 Å². The zero-order chi connectivity index (χ0) is 21.0. The van der Waals surface area contributed by atoms with Crippen LogP contribution in [-0.2, 0) is 22.4 Å². The zero-order valence-corrected chi connectivity index (χ0v) is 17.9. The van der Waals surface area contributed by atoms with Crippen LogP contribution in [0.3, 0.4) is 0 Å². The second-order valence-electron chi connectivity index (χ2n) is 7.81. The summed E-state index contributed by atoms with van der Waals surface area (Å²) in [6.07, 6.45) is 2.87. The van der Waals surface area contributed by atoms with Gasteiger partial charge in [0.25, 0.3) is 0 Å². The van der Waals surface area contributed by atoms with E-state index >= 15 is 0 Å². The van der Waals surface area contributed by atoms with Crippen molar-refractivity contribution in [2.24, 2.45) is 5.92 Å². The summed E-state index contributed by atoms with van der Waals surface area (Å²) in [5.74, 6) is 0.161. The lowest BCUT2D eigenvalue weighted by Crippen LogP contribution is -2.29. The SMILES string of the molecule is CCc1cccc(CC)c1N1C[C@H](C(=O)Oc2ccccc2[C@H](C)CC)CC1=O. The van der Waals surface area contributed by atoms with Crippen molar-refractivity contribution in [3.63, 3.8) is 0 Å². The van der Waals surface area contributed by atoms with E-state index in [2.05, 4.69) is 39.8 Å². The Morgan fingerprint density at radius 1 is 1.07 bits per heavy atom. The number of ether oxygens (including phenoxy) is 1. The molecule has 154 valence electrons. The van der Waals surface area contributed by atoms with Crippen molar-refractivity contribution < 1.29 is 14.3 Å². The predicted octanol–water partition coefficient (Wildman–Crippen LogP) is 5.28. The summed E-state index contributed by atoms with van der Waals surface area (Å²) < 4.78 is 5.78. The third-order valence-corrected chi connectivity index (χ3v) is 5.97. The molecule has 0 aromatic heterocycles. The minimum Gasteiger partial charge on any atom is -0.426 e. The van der Waals surface area contributed by atoms with E-state index in [9.17, 15) is 9.59 Å². The summed E-state index contributed by atoms with van der Waals surface area (Å²) in [5, 5.41) is 0. The Labute approximate surface area is 173 Å². The zero-order valence-electron chi connectivity index (χ0n) is 17.9. The van der Waals surface area contributed by atoms with Crippen molar-refractivity contribution >= 4 is 17.6 Å². The second kappa shape index (κ2) is 9.25. The molecule has 1 aliphatic heterocycles. The Morgan fingerprint density at radius 2 is 1.72 bits per heavy atom. The first-order chi connectivity index (χ1) is 14.0. The van der Waals surface area contributed by atoms with E-state index in [0.29, 0.717) is 18.2 Å². The van der Waals surface area contributed by atoms with Crippen molar-refractivity contribution in [3.8, 4) is 5.75 Å². The minimum absolute atomic E-state index is 0.00207. The number of carbonyl (C=O) groups is 2. The Balaban J connectivity index is 1.81. The van der Waals surface area contributed by atoms with Crippen molar-refractivity contribution in [1.82, 2.24) is 0 Å². The van der Waals surface area contributed by atoms with Gasteiger partial charge in [0.1, 0.15) is 5.75 Å². The fourth-order valence-electron chi connectivity index (χ4n) is 4.04. The van der Waals surface area contributed by atoms with Crippen LogP contribution in [0.25, 0.3) is 0 Å². The van der Waals surface area contributed by atoms with Crippen molar-refractivity contribution in [1.29, 1.82) is 0 Å². The lowest BCUT2D eigenvalue weighted by molar-refractivity contribution is -0.139. The summed E-state index contributed by atoms with van der Waals surface area (Å²) in [6, 6.07) is 13.9. The highest BCUT2D eigenvalue weighted by Crippen LogP contribution is 2.34. The molecular weight excluding hydrogens is 362 g/mol. The molecule has 3 rings (SSSR count). The maximum absolute atomic E-state index is 12.9. The number of hydrogen-bond acceptors (Lipinski definition) is 3. The van der Waals surface area contributed by atoms with Gasteiger partial charge in [-0.05, 0) is 47.9 Å². The van der Waals surface area contributed by atoms with Gasteiger partial charge in [0, 0.05) is 18.7 Å². The molecule has 2 aromatic rings. The topological polar surface area (TPSA) is 46.6 Å². The van der Waals surface area contributed by atoms with E-state index in [4.69, 9.17) is 4.74 Å². The first-order valence-electron chi connectivity index (χ1n) is 10.7. The number of amides is 1. The number of para-hydroxylation sites is 2. The van der Waals surface area contributed by atoms with Crippen LogP contribution >= 0.6 is 0 Å². The molecule has 1 amide bonds. The largest absolute Gasteiger partial charge is 0.426 e. The number of rotatable bonds is 7. The van der Waals surface area contributed by atoms with Crippen LogP contribution in [0.1, 0.15) is 63.1 Å². The minimum atomic E-state index is -0.442. The van der Waals surface area contributed by atoms with Crippen LogP contribution in [0.2, 0.25) is 0 Å². The van der Waals surface area contributed by atoms with Crippen LogP contribution in [0.4, 0.5) is 5.69 Å². The van der Waals surface area contributed by atoms with E-state index in [1.807, 2.05) is 30.3 Å². The van der Waals surface area contributed by atoms with Gasteiger partial charge in [-0.15, -0.1) is 0 Å². The number of hydrogen-bond donors (Lipinski definition) is 0. The molecule has 0 spiro atoms. The number of carbonyl (C=O) groups excluding carboxylic acids is 2. The summed E-state index contributed by atoms with van der Waals surface area (Å²) in [4.78, 5) is 27.5.